The van der Waals surface area contributed by atoms with Crippen molar-refractivity contribution in [3.05, 3.63) is 57.7 Å². The minimum Gasteiger partial charge on any atom is -0.0732 e. The molecule has 84 valence electrons. The number of hydrogen-bond acceptors (Lipinski definition) is 0. The largest absolute Gasteiger partial charge is 0.0732 e. The topological polar surface area (TPSA) is 0 Å². The number of benzene rings is 1. The van der Waals surface area contributed by atoms with Gasteiger partial charge in [0.1, 0.15) is 0 Å². The lowest BCUT2D eigenvalue weighted by molar-refractivity contribution is 1.01. The first-order chi connectivity index (χ1) is 7.54. The van der Waals surface area contributed by atoms with Crippen molar-refractivity contribution in [3.8, 4) is 0 Å². The van der Waals surface area contributed by atoms with E-state index in [0.29, 0.717) is 5.92 Å². The van der Waals surface area contributed by atoms with Crippen LogP contribution in [0.4, 0.5) is 0 Å². The quantitative estimate of drug-likeness (QED) is 0.645. The van der Waals surface area contributed by atoms with Crippen LogP contribution in [0.2, 0.25) is 0 Å². The average Bonchev–Trinajstić information content (AvgIpc) is 2.77. The van der Waals surface area contributed by atoms with Crippen LogP contribution in [0.3, 0.4) is 0 Å². The fourth-order valence-corrected chi connectivity index (χ4v) is 2.65. The van der Waals surface area contributed by atoms with Gasteiger partial charge in [0.05, 0.1) is 0 Å². The smallest absolute Gasteiger partial charge is 0.0210 e. The van der Waals surface area contributed by atoms with Crippen LogP contribution in [0.15, 0.2) is 24.3 Å². The Bertz CT molecular complexity index is 446. The van der Waals surface area contributed by atoms with E-state index >= 15 is 0 Å². The van der Waals surface area contributed by atoms with Crippen LogP contribution >= 0.6 is 0 Å². The molecule has 0 N–H and O–H groups in total. The average molecular weight is 212 g/mol. The molecule has 0 amide bonds. The number of rotatable bonds is 1. The zero-order valence-electron chi connectivity index (χ0n) is 10.9. The second kappa shape index (κ2) is 3.93. The van der Waals surface area contributed by atoms with Gasteiger partial charge in [-0.1, -0.05) is 24.3 Å². The van der Waals surface area contributed by atoms with Crippen LogP contribution in [0.5, 0.6) is 0 Å². The molecule has 0 bridgehead atoms. The number of allylic oxidation sites excluding steroid dienone is 4. The first kappa shape index (κ1) is 11.2. The van der Waals surface area contributed by atoms with E-state index in [0.717, 1.165) is 0 Å². The molecule has 0 unspecified atom stereocenters. The molecule has 1 aliphatic carbocycles. The first-order valence-electron chi connectivity index (χ1n) is 5.96. The monoisotopic (exact) mass is 212 g/mol. The van der Waals surface area contributed by atoms with Crippen molar-refractivity contribution in [2.24, 2.45) is 0 Å². The zero-order chi connectivity index (χ0) is 11.9. The minimum absolute atomic E-state index is 0.484. The van der Waals surface area contributed by atoms with Gasteiger partial charge in [-0.15, -0.1) is 0 Å². The van der Waals surface area contributed by atoms with E-state index < -0.39 is 0 Å². The fourth-order valence-electron chi connectivity index (χ4n) is 2.65. The molecule has 0 saturated heterocycles. The van der Waals surface area contributed by atoms with Crippen molar-refractivity contribution < 1.29 is 0 Å². The van der Waals surface area contributed by atoms with Crippen molar-refractivity contribution in [2.45, 2.75) is 40.5 Å². The lowest BCUT2D eigenvalue weighted by atomic mass is 9.84. The highest BCUT2D eigenvalue weighted by Crippen LogP contribution is 2.34. The van der Waals surface area contributed by atoms with Gasteiger partial charge in [0.2, 0.25) is 0 Å². The SMILES string of the molecule is Cc1c(C)c(C)c(C2C=CC=C2)c(C)c1C. The third kappa shape index (κ3) is 1.53. The Balaban J connectivity index is 2.69. The lowest BCUT2D eigenvalue weighted by Gasteiger charge is -2.21. The number of hydrogen-bond donors (Lipinski definition) is 0. The summed E-state index contributed by atoms with van der Waals surface area (Å²) in [5.74, 6) is 0.484. The van der Waals surface area contributed by atoms with Crippen LogP contribution in [0.25, 0.3) is 0 Å². The highest BCUT2D eigenvalue weighted by Gasteiger charge is 2.17. The van der Waals surface area contributed by atoms with Gasteiger partial charge in [0, 0.05) is 5.92 Å². The molecule has 0 spiro atoms. The van der Waals surface area contributed by atoms with E-state index in [1.165, 1.54) is 33.4 Å². The second-order valence-electron chi connectivity index (χ2n) is 4.83. The molecule has 1 aliphatic rings. The van der Waals surface area contributed by atoms with Crippen LogP contribution in [0, 0.1) is 34.6 Å². The summed E-state index contributed by atoms with van der Waals surface area (Å²) in [5, 5.41) is 0. The standard InChI is InChI=1S/C16H20/c1-10-11(2)13(4)16(14(5)12(10)3)15-8-6-7-9-15/h6-9,15H,1-5H3. The summed E-state index contributed by atoms with van der Waals surface area (Å²) in [6.45, 7) is 11.2. The molecule has 0 aliphatic heterocycles. The Kier molecular flexibility index (Phi) is 2.75. The summed E-state index contributed by atoms with van der Waals surface area (Å²) in [5.41, 5.74) is 8.78. The molecule has 0 fully saturated rings. The summed E-state index contributed by atoms with van der Waals surface area (Å²) >= 11 is 0. The zero-order valence-corrected chi connectivity index (χ0v) is 10.9. The van der Waals surface area contributed by atoms with Gasteiger partial charge in [-0.25, -0.2) is 0 Å². The van der Waals surface area contributed by atoms with Gasteiger partial charge in [0.15, 0.2) is 0 Å². The third-order valence-electron chi connectivity index (χ3n) is 4.14. The Labute approximate surface area is 98.7 Å². The molecule has 0 aromatic heterocycles. The van der Waals surface area contributed by atoms with Crippen molar-refractivity contribution in [1.29, 1.82) is 0 Å². The molecule has 0 radical (unpaired) electrons. The molecular weight excluding hydrogens is 192 g/mol. The first-order valence-corrected chi connectivity index (χ1v) is 5.96. The van der Waals surface area contributed by atoms with E-state index in [-0.39, 0.29) is 0 Å². The summed E-state index contributed by atoms with van der Waals surface area (Å²) in [6, 6.07) is 0. The Morgan fingerprint density at radius 2 is 1.00 bits per heavy atom. The van der Waals surface area contributed by atoms with E-state index in [1.807, 2.05) is 0 Å². The highest BCUT2D eigenvalue weighted by atomic mass is 14.2. The predicted molar refractivity (Wildman–Crippen MR) is 71.1 cm³/mol. The molecule has 0 heteroatoms. The van der Waals surface area contributed by atoms with Crippen LogP contribution in [-0.4, -0.2) is 0 Å². The molecule has 0 heterocycles. The molecule has 0 nitrogen and oxygen atoms in total. The van der Waals surface area contributed by atoms with Crippen molar-refractivity contribution >= 4 is 0 Å². The van der Waals surface area contributed by atoms with Crippen LogP contribution < -0.4 is 0 Å². The molecule has 0 atom stereocenters. The predicted octanol–water partition coefficient (Wildman–Crippen LogP) is 4.44. The van der Waals surface area contributed by atoms with Crippen molar-refractivity contribution in [3.63, 3.8) is 0 Å². The maximum absolute atomic E-state index is 2.28. The molecule has 16 heavy (non-hydrogen) atoms. The summed E-state index contributed by atoms with van der Waals surface area (Å²) < 4.78 is 0. The molecular formula is C16H20. The molecule has 0 saturated carbocycles. The molecule has 1 aromatic carbocycles. The van der Waals surface area contributed by atoms with Gasteiger partial charge in [0.25, 0.3) is 0 Å². The van der Waals surface area contributed by atoms with Crippen LogP contribution in [0.1, 0.15) is 39.3 Å². The third-order valence-corrected chi connectivity index (χ3v) is 4.14. The van der Waals surface area contributed by atoms with Gasteiger partial charge in [-0.05, 0) is 68.0 Å². The molecule has 1 aromatic rings. The maximum Gasteiger partial charge on any atom is 0.0210 e. The lowest BCUT2D eigenvalue weighted by Crippen LogP contribution is -2.04. The second-order valence-corrected chi connectivity index (χ2v) is 4.83. The van der Waals surface area contributed by atoms with Gasteiger partial charge in [-0.3, -0.25) is 0 Å². The van der Waals surface area contributed by atoms with E-state index in [1.54, 1.807) is 0 Å². The summed E-state index contributed by atoms with van der Waals surface area (Å²) in [7, 11) is 0. The Morgan fingerprint density at radius 3 is 1.44 bits per heavy atom. The van der Waals surface area contributed by atoms with Crippen LogP contribution in [-0.2, 0) is 0 Å². The maximum atomic E-state index is 2.28. The highest BCUT2D eigenvalue weighted by molar-refractivity contribution is 5.54. The summed E-state index contributed by atoms with van der Waals surface area (Å²) in [6.07, 6.45) is 8.86. The Morgan fingerprint density at radius 1 is 0.625 bits per heavy atom. The fraction of sp³-hybridized carbons (Fsp3) is 0.375. The van der Waals surface area contributed by atoms with E-state index in [2.05, 4.69) is 58.9 Å². The van der Waals surface area contributed by atoms with E-state index in [9.17, 15) is 0 Å². The van der Waals surface area contributed by atoms with Gasteiger partial charge < -0.3 is 0 Å². The van der Waals surface area contributed by atoms with Gasteiger partial charge >= 0.3 is 0 Å². The van der Waals surface area contributed by atoms with Crippen molar-refractivity contribution in [2.75, 3.05) is 0 Å². The van der Waals surface area contributed by atoms with Crippen molar-refractivity contribution in [1.82, 2.24) is 0 Å². The minimum atomic E-state index is 0.484. The van der Waals surface area contributed by atoms with Gasteiger partial charge in [-0.2, -0.15) is 0 Å². The molecule has 2 rings (SSSR count). The van der Waals surface area contributed by atoms with E-state index in [4.69, 9.17) is 0 Å². The normalized spacial score (nSPS) is 15.1. The summed E-state index contributed by atoms with van der Waals surface area (Å²) in [4.78, 5) is 0. The Hall–Kier alpha value is -1.30.